The molecular weight excluding hydrogens is 336 g/mol. The summed E-state index contributed by atoms with van der Waals surface area (Å²) in [5, 5.41) is 9.13. The average molecular weight is 354 g/mol. The molecule has 0 atom stereocenters. The highest BCUT2D eigenvalue weighted by Crippen LogP contribution is 2.39. The molecule has 6 heteroatoms. The van der Waals surface area contributed by atoms with E-state index in [0.29, 0.717) is 0 Å². The van der Waals surface area contributed by atoms with Gasteiger partial charge in [0.2, 0.25) is 0 Å². The average Bonchev–Trinajstić information content (AvgIpc) is 3.33. The van der Waals surface area contributed by atoms with E-state index in [1.54, 1.807) is 17.1 Å². The minimum absolute atomic E-state index is 0.889. The summed E-state index contributed by atoms with van der Waals surface area (Å²) in [5.41, 5.74) is 7.18. The standard InChI is InChI=1S/C21H18N6/c1-14-18-5-4-16(15-6-8-22-9-7-15)10-20(18)27-21(26(14)3)11-19(24-27)17-12-23-25(2)13-17/h4-13H,1H2,2-3H3. The Morgan fingerprint density at radius 2 is 1.74 bits per heavy atom. The molecule has 0 amide bonds. The van der Waals surface area contributed by atoms with Gasteiger partial charge in [-0.25, -0.2) is 4.68 Å². The van der Waals surface area contributed by atoms with Crippen LogP contribution in [0.1, 0.15) is 5.56 Å². The number of aryl methyl sites for hydroxylation is 1. The molecule has 0 bridgehead atoms. The van der Waals surface area contributed by atoms with Gasteiger partial charge in [0, 0.05) is 55.6 Å². The van der Waals surface area contributed by atoms with Crippen LogP contribution in [0.2, 0.25) is 0 Å². The second-order valence-corrected chi connectivity index (χ2v) is 6.68. The van der Waals surface area contributed by atoms with Crippen LogP contribution in [0.15, 0.2) is 67.8 Å². The molecule has 1 aromatic carbocycles. The molecule has 1 aliphatic rings. The van der Waals surface area contributed by atoms with Gasteiger partial charge in [-0.15, -0.1) is 0 Å². The van der Waals surface area contributed by atoms with Crippen LogP contribution in [0.4, 0.5) is 5.82 Å². The van der Waals surface area contributed by atoms with E-state index in [1.165, 1.54) is 0 Å². The fraction of sp³-hybridized carbons (Fsp3) is 0.0952. The predicted octanol–water partition coefficient (Wildman–Crippen LogP) is 3.76. The molecule has 0 radical (unpaired) electrons. The lowest BCUT2D eigenvalue weighted by molar-refractivity contribution is 0.768. The zero-order valence-electron chi connectivity index (χ0n) is 15.2. The van der Waals surface area contributed by atoms with E-state index in [2.05, 4.69) is 45.8 Å². The highest BCUT2D eigenvalue weighted by Gasteiger charge is 2.26. The van der Waals surface area contributed by atoms with Gasteiger partial charge in [0.15, 0.2) is 0 Å². The van der Waals surface area contributed by atoms with Crippen LogP contribution in [0, 0.1) is 0 Å². The Kier molecular flexibility index (Phi) is 3.27. The number of hydrogen-bond donors (Lipinski definition) is 0. The van der Waals surface area contributed by atoms with Crippen molar-refractivity contribution in [2.24, 2.45) is 7.05 Å². The second-order valence-electron chi connectivity index (χ2n) is 6.68. The van der Waals surface area contributed by atoms with E-state index in [4.69, 9.17) is 5.10 Å². The fourth-order valence-corrected chi connectivity index (χ4v) is 3.48. The van der Waals surface area contributed by atoms with Crippen molar-refractivity contribution in [3.05, 3.63) is 73.3 Å². The van der Waals surface area contributed by atoms with E-state index in [9.17, 15) is 0 Å². The quantitative estimate of drug-likeness (QED) is 0.550. The molecule has 27 heavy (non-hydrogen) atoms. The van der Waals surface area contributed by atoms with E-state index in [-0.39, 0.29) is 0 Å². The first-order chi connectivity index (χ1) is 13.1. The van der Waals surface area contributed by atoms with Crippen LogP contribution < -0.4 is 4.90 Å². The molecule has 0 unspecified atom stereocenters. The third-order valence-electron chi connectivity index (χ3n) is 4.99. The highest BCUT2D eigenvalue weighted by molar-refractivity contribution is 5.87. The zero-order chi connectivity index (χ0) is 18.5. The number of rotatable bonds is 2. The van der Waals surface area contributed by atoms with Gasteiger partial charge in [-0.05, 0) is 29.3 Å². The molecule has 6 nitrogen and oxygen atoms in total. The van der Waals surface area contributed by atoms with E-state index < -0.39 is 0 Å². The van der Waals surface area contributed by atoms with Crippen molar-refractivity contribution in [2.45, 2.75) is 0 Å². The van der Waals surface area contributed by atoms with Gasteiger partial charge >= 0.3 is 0 Å². The highest BCUT2D eigenvalue weighted by atomic mass is 15.4. The third-order valence-corrected chi connectivity index (χ3v) is 4.99. The SMILES string of the molecule is C=C1c2ccc(-c3ccncc3)cc2-n2nc(-c3cnn(C)c3)cc2N1C. The monoisotopic (exact) mass is 354 g/mol. The number of benzene rings is 1. The molecule has 1 aliphatic heterocycles. The second kappa shape index (κ2) is 5.67. The summed E-state index contributed by atoms with van der Waals surface area (Å²) in [7, 11) is 3.92. The number of anilines is 1. The molecule has 5 rings (SSSR count). The van der Waals surface area contributed by atoms with Gasteiger partial charge in [-0.2, -0.15) is 10.2 Å². The third kappa shape index (κ3) is 2.38. The normalized spacial score (nSPS) is 12.8. The largest absolute Gasteiger partial charge is 0.329 e. The maximum absolute atomic E-state index is 4.86. The zero-order valence-corrected chi connectivity index (χ0v) is 15.2. The molecule has 0 N–H and O–H groups in total. The van der Waals surface area contributed by atoms with Crippen molar-refractivity contribution in [1.82, 2.24) is 24.5 Å². The summed E-state index contributed by atoms with van der Waals surface area (Å²) in [6, 6.07) is 12.5. The molecule has 3 aromatic heterocycles. The number of aromatic nitrogens is 5. The lowest BCUT2D eigenvalue weighted by Gasteiger charge is -2.30. The van der Waals surface area contributed by atoms with Gasteiger partial charge in [-0.1, -0.05) is 18.7 Å². The van der Waals surface area contributed by atoms with Gasteiger partial charge < -0.3 is 4.90 Å². The Morgan fingerprint density at radius 3 is 2.48 bits per heavy atom. The smallest absolute Gasteiger partial charge is 0.137 e. The fourth-order valence-electron chi connectivity index (χ4n) is 3.48. The Balaban J connectivity index is 1.70. The summed E-state index contributed by atoms with van der Waals surface area (Å²) in [6.45, 7) is 4.28. The Morgan fingerprint density at radius 1 is 0.926 bits per heavy atom. The van der Waals surface area contributed by atoms with Crippen molar-refractivity contribution < 1.29 is 0 Å². The first-order valence-electron chi connectivity index (χ1n) is 8.69. The van der Waals surface area contributed by atoms with Crippen LogP contribution in [0.25, 0.3) is 33.8 Å². The number of hydrogen-bond acceptors (Lipinski definition) is 4. The summed E-state index contributed by atoms with van der Waals surface area (Å²) in [6.07, 6.45) is 7.41. The maximum atomic E-state index is 4.86. The molecule has 4 aromatic rings. The van der Waals surface area contributed by atoms with Crippen LogP contribution in [0.3, 0.4) is 0 Å². The molecular formula is C21H18N6. The molecule has 0 spiro atoms. The minimum Gasteiger partial charge on any atom is -0.329 e. The van der Waals surface area contributed by atoms with Crippen molar-refractivity contribution in [3.63, 3.8) is 0 Å². The van der Waals surface area contributed by atoms with E-state index in [0.717, 1.165) is 45.2 Å². The van der Waals surface area contributed by atoms with Crippen molar-refractivity contribution >= 4 is 11.5 Å². The Bertz CT molecular complexity index is 1170. The van der Waals surface area contributed by atoms with Crippen molar-refractivity contribution in [3.8, 4) is 28.1 Å². The van der Waals surface area contributed by atoms with Crippen molar-refractivity contribution in [2.75, 3.05) is 11.9 Å². The molecule has 4 heterocycles. The molecule has 0 aliphatic carbocycles. The van der Waals surface area contributed by atoms with E-state index >= 15 is 0 Å². The first kappa shape index (κ1) is 15.6. The van der Waals surface area contributed by atoms with Gasteiger partial charge in [0.05, 0.1) is 17.6 Å². The summed E-state index contributed by atoms with van der Waals surface area (Å²) < 4.78 is 3.77. The Labute approximate surface area is 157 Å². The minimum atomic E-state index is 0.889. The molecule has 132 valence electrons. The maximum Gasteiger partial charge on any atom is 0.137 e. The molecule has 0 saturated carbocycles. The van der Waals surface area contributed by atoms with Gasteiger partial charge in [0.1, 0.15) is 5.82 Å². The number of fused-ring (bicyclic) bond motifs is 3. The molecule has 0 fully saturated rings. The van der Waals surface area contributed by atoms with Crippen LogP contribution >= 0.6 is 0 Å². The lowest BCUT2D eigenvalue weighted by atomic mass is 10.0. The van der Waals surface area contributed by atoms with E-state index in [1.807, 2.05) is 43.3 Å². The van der Waals surface area contributed by atoms with Crippen LogP contribution in [-0.2, 0) is 7.05 Å². The molecule has 0 saturated heterocycles. The van der Waals surface area contributed by atoms with Crippen LogP contribution in [0.5, 0.6) is 0 Å². The summed E-state index contributed by atoms with van der Waals surface area (Å²) in [5.74, 6) is 0.984. The predicted molar refractivity (Wildman–Crippen MR) is 106 cm³/mol. The number of nitrogens with zero attached hydrogens (tertiary/aromatic N) is 6. The van der Waals surface area contributed by atoms with Crippen LogP contribution in [-0.4, -0.2) is 31.6 Å². The van der Waals surface area contributed by atoms with Gasteiger partial charge in [-0.3, -0.25) is 9.67 Å². The lowest BCUT2D eigenvalue weighted by Crippen LogP contribution is -2.24. The van der Waals surface area contributed by atoms with Crippen molar-refractivity contribution in [1.29, 1.82) is 0 Å². The summed E-state index contributed by atoms with van der Waals surface area (Å²) in [4.78, 5) is 6.18. The van der Waals surface area contributed by atoms with Gasteiger partial charge in [0.25, 0.3) is 0 Å². The summed E-state index contributed by atoms with van der Waals surface area (Å²) >= 11 is 0. The Hall–Kier alpha value is -3.67. The number of pyridine rings is 1. The first-order valence-corrected chi connectivity index (χ1v) is 8.69. The topological polar surface area (TPSA) is 51.8 Å².